The predicted octanol–water partition coefficient (Wildman–Crippen LogP) is 1.19. The summed E-state index contributed by atoms with van der Waals surface area (Å²) in [5, 5.41) is 0. The van der Waals surface area contributed by atoms with E-state index in [1.54, 1.807) is 4.90 Å². The van der Waals surface area contributed by atoms with Crippen molar-refractivity contribution in [3.63, 3.8) is 0 Å². The number of carbonyl (C=O) groups excluding carboxylic acids is 2. The van der Waals surface area contributed by atoms with Crippen LogP contribution in [0, 0.1) is 5.92 Å². The van der Waals surface area contributed by atoms with Gasteiger partial charge in [-0.25, -0.2) is 0 Å². The van der Waals surface area contributed by atoms with Crippen molar-refractivity contribution in [2.75, 3.05) is 26.4 Å². The molecule has 1 heterocycles. The Hall–Kier alpha value is -2.08. The van der Waals surface area contributed by atoms with Crippen LogP contribution in [-0.2, 0) is 14.3 Å². The van der Waals surface area contributed by atoms with Crippen LogP contribution in [0.5, 0.6) is 5.75 Å². The van der Waals surface area contributed by atoms with Crippen LogP contribution in [-0.4, -0.2) is 49.1 Å². The van der Waals surface area contributed by atoms with Gasteiger partial charge in [0.15, 0.2) is 0 Å². The Morgan fingerprint density at radius 1 is 1.22 bits per heavy atom. The predicted molar refractivity (Wildman–Crippen MR) is 85.8 cm³/mol. The van der Waals surface area contributed by atoms with Crippen LogP contribution in [0.4, 0.5) is 0 Å². The summed E-state index contributed by atoms with van der Waals surface area (Å²) in [6, 6.07) is 9.55. The fourth-order valence-corrected chi connectivity index (χ4v) is 2.66. The van der Waals surface area contributed by atoms with E-state index in [1.807, 2.05) is 37.3 Å². The fourth-order valence-electron chi connectivity index (χ4n) is 2.66. The highest BCUT2D eigenvalue weighted by Gasteiger charge is 2.31. The molecule has 0 radical (unpaired) electrons. The third-order valence-electron chi connectivity index (χ3n) is 4.07. The summed E-state index contributed by atoms with van der Waals surface area (Å²) in [5.74, 6) is 0.0722. The zero-order valence-electron chi connectivity index (χ0n) is 13.4. The molecule has 126 valence electrons. The van der Waals surface area contributed by atoms with Crippen molar-refractivity contribution < 1.29 is 19.1 Å². The molecule has 2 rings (SSSR count). The summed E-state index contributed by atoms with van der Waals surface area (Å²) in [7, 11) is 0. The van der Waals surface area contributed by atoms with Crippen molar-refractivity contribution >= 4 is 11.8 Å². The second kappa shape index (κ2) is 8.53. The molecule has 2 amide bonds. The van der Waals surface area contributed by atoms with E-state index in [0.29, 0.717) is 19.8 Å². The van der Waals surface area contributed by atoms with Crippen molar-refractivity contribution in [1.29, 1.82) is 0 Å². The molecule has 2 N–H and O–H groups in total. The van der Waals surface area contributed by atoms with Crippen LogP contribution in [0.15, 0.2) is 30.3 Å². The summed E-state index contributed by atoms with van der Waals surface area (Å²) in [6.07, 6.45) is 1.53. The number of likely N-dealkylation sites (tertiary alicyclic amines) is 1. The Bertz CT molecular complexity index is 521. The number of hydrogen-bond donors (Lipinski definition) is 1. The van der Waals surface area contributed by atoms with Crippen LogP contribution in [0.2, 0.25) is 0 Å². The third-order valence-corrected chi connectivity index (χ3v) is 4.07. The zero-order valence-corrected chi connectivity index (χ0v) is 13.4. The topological polar surface area (TPSA) is 81.9 Å². The number of carbonyl (C=O) groups is 2. The largest absolute Gasteiger partial charge is 0.491 e. The summed E-state index contributed by atoms with van der Waals surface area (Å²) >= 11 is 0. The number of hydrogen-bond acceptors (Lipinski definition) is 4. The van der Waals surface area contributed by atoms with E-state index in [4.69, 9.17) is 15.2 Å². The number of nitrogens with two attached hydrogens (primary N) is 1. The minimum absolute atomic E-state index is 0.00598. The number of benzene rings is 1. The molecule has 2 atom stereocenters. The molecular formula is C17H24N2O4. The van der Waals surface area contributed by atoms with Gasteiger partial charge in [-0.3, -0.25) is 9.59 Å². The SMILES string of the molecule is C[C@@H]1CC[C@H](C(N)=O)CN1C(=O)COCCOc1ccccc1. The van der Waals surface area contributed by atoms with E-state index in [9.17, 15) is 9.59 Å². The van der Waals surface area contributed by atoms with E-state index in [-0.39, 0.29) is 30.4 Å². The molecule has 0 bridgehead atoms. The van der Waals surface area contributed by atoms with Gasteiger partial charge in [-0.15, -0.1) is 0 Å². The molecule has 23 heavy (non-hydrogen) atoms. The van der Waals surface area contributed by atoms with Crippen molar-refractivity contribution in [2.45, 2.75) is 25.8 Å². The Morgan fingerprint density at radius 3 is 2.65 bits per heavy atom. The fraction of sp³-hybridized carbons (Fsp3) is 0.529. The van der Waals surface area contributed by atoms with Gasteiger partial charge in [0.05, 0.1) is 12.5 Å². The minimum Gasteiger partial charge on any atom is -0.491 e. The van der Waals surface area contributed by atoms with Gasteiger partial charge < -0.3 is 20.1 Å². The lowest BCUT2D eigenvalue weighted by atomic mass is 9.93. The van der Waals surface area contributed by atoms with Crippen LogP contribution >= 0.6 is 0 Å². The first-order valence-electron chi connectivity index (χ1n) is 7.92. The quantitative estimate of drug-likeness (QED) is 0.765. The maximum absolute atomic E-state index is 12.2. The standard InChI is InChI=1S/C17H24N2O4/c1-13-7-8-14(17(18)21)11-19(13)16(20)12-22-9-10-23-15-5-3-2-4-6-15/h2-6,13-14H,7-12H2,1H3,(H2,18,21)/t13-,14+/m1/s1. The third kappa shape index (κ3) is 5.25. The van der Waals surface area contributed by atoms with Crippen LogP contribution in [0.1, 0.15) is 19.8 Å². The van der Waals surface area contributed by atoms with Gasteiger partial charge in [-0.1, -0.05) is 18.2 Å². The average molecular weight is 320 g/mol. The van der Waals surface area contributed by atoms with E-state index in [0.717, 1.165) is 18.6 Å². The van der Waals surface area contributed by atoms with Gasteiger partial charge in [0.25, 0.3) is 0 Å². The molecular weight excluding hydrogens is 296 g/mol. The number of para-hydroxylation sites is 1. The summed E-state index contributed by atoms with van der Waals surface area (Å²) in [4.78, 5) is 25.2. The first kappa shape index (κ1) is 17.3. The van der Waals surface area contributed by atoms with E-state index in [1.165, 1.54) is 0 Å². The lowest BCUT2D eigenvalue weighted by Crippen LogP contribution is -2.49. The van der Waals surface area contributed by atoms with Gasteiger partial charge in [0.1, 0.15) is 19.0 Å². The summed E-state index contributed by atoms with van der Waals surface area (Å²) < 4.78 is 10.9. The molecule has 1 aliphatic rings. The highest BCUT2D eigenvalue weighted by molar-refractivity contribution is 5.81. The Labute approximate surface area is 136 Å². The van der Waals surface area contributed by atoms with Gasteiger partial charge in [0.2, 0.25) is 11.8 Å². The minimum atomic E-state index is -0.341. The molecule has 1 aromatic carbocycles. The molecule has 1 saturated heterocycles. The Morgan fingerprint density at radius 2 is 1.96 bits per heavy atom. The van der Waals surface area contributed by atoms with E-state index < -0.39 is 0 Å². The normalized spacial score (nSPS) is 21.0. The lowest BCUT2D eigenvalue weighted by Gasteiger charge is -2.36. The number of rotatable bonds is 7. The zero-order chi connectivity index (χ0) is 16.7. The maximum atomic E-state index is 12.2. The second-order valence-electron chi connectivity index (χ2n) is 5.79. The van der Waals surface area contributed by atoms with Crippen molar-refractivity contribution in [3.05, 3.63) is 30.3 Å². The first-order chi connectivity index (χ1) is 11.1. The molecule has 1 fully saturated rings. The second-order valence-corrected chi connectivity index (χ2v) is 5.79. The van der Waals surface area contributed by atoms with Gasteiger partial charge in [0, 0.05) is 12.6 Å². The molecule has 0 aliphatic carbocycles. The number of ether oxygens (including phenoxy) is 2. The smallest absolute Gasteiger partial charge is 0.248 e. The average Bonchev–Trinajstić information content (AvgIpc) is 2.55. The monoisotopic (exact) mass is 320 g/mol. The molecule has 1 aliphatic heterocycles. The summed E-state index contributed by atoms with van der Waals surface area (Å²) in [5.41, 5.74) is 5.35. The van der Waals surface area contributed by atoms with Gasteiger partial charge >= 0.3 is 0 Å². The van der Waals surface area contributed by atoms with Gasteiger partial charge in [-0.2, -0.15) is 0 Å². The van der Waals surface area contributed by atoms with Crippen molar-refractivity contribution in [3.8, 4) is 5.75 Å². The molecule has 1 aromatic rings. The first-order valence-corrected chi connectivity index (χ1v) is 7.92. The number of amides is 2. The summed E-state index contributed by atoms with van der Waals surface area (Å²) in [6.45, 7) is 3.08. The highest BCUT2D eigenvalue weighted by atomic mass is 16.5. The van der Waals surface area contributed by atoms with Crippen LogP contribution < -0.4 is 10.5 Å². The van der Waals surface area contributed by atoms with Crippen molar-refractivity contribution in [1.82, 2.24) is 4.90 Å². The van der Waals surface area contributed by atoms with E-state index in [2.05, 4.69) is 0 Å². The van der Waals surface area contributed by atoms with E-state index >= 15 is 0 Å². The number of nitrogens with zero attached hydrogens (tertiary/aromatic N) is 1. The number of piperidine rings is 1. The molecule has 0 saturated carbocycles. The molecule has 6 heteroatoms. The Kier molecular flexibility index (Phi) is 6.40. The Balaban J connectivity index is 1.68. The maximum Gasteiger partial charge on any atom is 0.248 e. The van der Waals surface area contributed by atoms with Crippen molar-refractivity contribution in [2.24, 2.45) is 11.7 Å². The van der Waals surface area contributed by atoms with Crippen LogP contribution in [0.25, 0.3) is 0 Å². The highest BCUT2D eigenvalue weighted by Crippen LogP contribution is 2.21. The van der Waals surface area contributed by atoms with Gasteiger partial charge in [-0.05, 0) is 31.9 Å². The van der Waals surface area contributed by atoms with Crippen LogP contribution in [0.3, 0.4) is 0 Å². The lowest BCUT2D eigenvalue weighted by molar-refractivity contribution is -0.142. The molecule has 6 nitrogen and oxygen atoms in total. The molecule has 0 aromatic heterocycles. The molecule has 0 spiro atoms. The number of primary amides is 1. The molecule has 0 unspecified atom stereocenters.